The van der Waals surface area contributed by atoms with Crippen LogP contribution in [0.2, 0.25) is 0 Å². The van der Waals surface area contributed by atoms with Gasteiger partial charge in [-0.15, -0.1) is 18.8 Å². The number of halogens is 3. The Morgan fingerprint density at radius 2 is 1.17 bits per heavy atom. The van der Waals surface area contributed by atoms with E-state index in [0.717, 1.165) is 17.8 Å². The average molecular weight is 851 g/mol. The number of aromatic nitrogens is 1. The number of hydrogen-bond acceptors (Lipinski definition) is 4. The first-order chi connectivity index (χ1) is 22.8. The summed E-state index contributed by atoms with van der Waals surface area (Å²) in [6, 6.07) is 21.5. The third kappa shape index (κ3) is 9.46. The summed E-state index contributed by atoms with van der Waals surface area (Å²) in [6.45, 7) is 20.5. The number of para-hydroxylation sites is 2. The van der Waals surface area contributed by atoms with Crippen LogP contribution in [0, 0.1) is 24.4 Å². The first kappa shape index (κ1) is 39.2. The van der Waals surface area contributed by atoms with Crippen molar-refractivity contribution in [1.29, 1.82) is 0 Å². The Morgan fingerprint density at radius 1 is 0.729 bits per heavy atom. The molecule has 3 aromatic carbocycles. The van der Waals surface area contributed by atoms with Crippen molar-refractivity contribution in [1.82, 2.24) is 4.98 Å². The molecular weight excluding hydrogens is 802 g/mol. The zero-order chi connectivity index (χ0) is 35.7. The molecule has 0 fully saturated rings. The molecule has 0 atom stereocenters. The van der Waals surface area contributed by atoms with Crippen LogP contribution in [0.4, 0.5) is 25.8 Å². The molecule has 0 aliphatic carbocycles. The molecular formula is C40H48ClF2IrN4. The molecule has 8 heteroatoms. The van der Waals surface area contributed by atoms with Crippen LogP contribution >= 0.6 is 9.58 Å². The third-order valence-corrected chi connectivity index (χ3v) is 8.21. The molecule has 4 aromatic rings. The van der Waals surface area contributed by atoms with Crippen molar-refractivity contribution in [2.75, 3.05) is 28.8 Å². The van der Waals surface area contributed by atoms with Crippen molar-refractivity contribution in [3.8, 4) is 11.3 Å². The van der Waals surface area contributed by atoms with Crippen molar-refractivity contribution in [3.05, 3.63) is 126 Å². The SMILES string of the molecule is CC(C)c1cccc(C(C)C)c1N1C=CN(c2c(C(C)C)cccc2C(C)C)[CH-]1.CN(C)c1ccnc(-c2[c-]cc(F)cc2F)c1.[Cl][Ir+2]. The molecule has 0 radical (unpaired) electrons. The van der Waals surface area contributed by atoms with Gasteiger partial charge in [0, 0.05) is 49.0 Å². The maximum absolute atomic E-state index is 13.5. The molecule has 258 valence electrons. The predicted octanol–water partition coefficient (Wildman–Crippen LogP) is 11.7. The standard InChI is InChI=1S/C27H37N2.C13H11F2N2.ClH.Ir/c1-18(2)22-11-9-12-23(19(3)4)26(22)28-15-16-29(17-28)27-24(20(5)6)13-10-14-25(27)21(7)8;1-17(2)10-5-6-16-13(8-10)11-4-3-9(14)7-12(11)15;;/h9-21H,1-8H3;3,5-8H,1-2H3;1H;/q2*-1;;+3/p-1. The first-order valence-electron chi connectivity index (χ1n) is 16.3. The van der Waals surface area contributed by atoms with E-state index in [0.29, 0.717) is 29.4 Å². The summed E-state index contributed by atoms with van der Waals surface area (Å²) >= 11 is 1.47. The van der Waals surface area contributed by atoms with E-state index in [-0.39, 0.29) is 5.56 Å². The van der Waals surface area contributed by atoms with E-state index in [1.54, 1.807) is 12.3 Å². The molecule has 0 saturated carbocycles. The molecule has 48 heavy (non-hydrogen) atoms. The Balaban J connectivity index is 0.000000279. The van der Waals surface area contributed by atoms with Crippen LogP contribution in [0.15, 0.2) is 79.3 Å². The molecule has 0 bridgehead atoms. The summed E-state index contributed by atoms with van der Waals surface area (Å²) in [5.41, 5.74) is 9.80. The molecule has 4 nitrogen and oxygen atoms in total. The average Bonchev–Trinajstić information content (AvgIpc) is 3.55. The van der Waals surface area contributed by atoms with E-state index in [1.807, 2.05) is 25.1 Å². The second-order valence-corrected chi connectivity index (χ2v) is 13.3. The van der Waals surface area contributed by atoms with Crippen molar-refractivity contribution in [3.63, 3.8) is 0 Å². The molecule has 5 rings (SSSR count). The van der Waals surface area contributed by atoms with Crippen LogP contribution in [0.25, 0.3) is 11.3 Å². The monoisotopic (exact) mass is 850 g/mol. The predicted molar refractivity (Wildman–Crippen MR) is 196 cm³/mol. The number of anilines is 3. The van der Waals surface area contributed by atoms with Crippen molar-refractivity contribution >= 4 is 26.6 Å². The van der Waals surface area contributed by atoms with Crippen molar-refractivity contribution < 1.29 is 26.7 Å². The molecule has 0 saturated heterocycles. The number of hydrogen-bond donors (Lipinski definition) is 0. The Labute approximate surface area is 302 Å². The van der Waals surface area contributed by atoms with E-state index in [2.05, 4.69) is 141 Å². The quantitative estimate of drug-likeness (QED) is 0.165. The Morgan fingerprint density at radius 3 is 1.54 bits per heavy atom. The van der Waals surface area contributed by atoms with E-state index in [9.17, 15) is 8.78 Å². The van der Waals surface area contributed by atoms with E-state index in [4.69, 9.17) is 0 Å². The summed E-state index contributed by atoms with van der Waals surface area (Å²) in [7, 11) is 8.40. The first-order valence-corrected chi connectivity index (χ1v) is 19.3. The van der Waals surface area contributed by atoms with Crippen LogP contribution in [-0.2, 0) is 17.9 Å². The molecule has 0 N–H and O–H groups in total. The molecule has 1 aliphatic heterocycles. The van der Waals surface area contributed by atoms with Gasteiger partial charge in [-0.3, -0.25) is 8.78 Å². The van der Waals surface area contributed by atoms with Crippen LogP contribution in [-0.4, -0.2) is 19.1 Å². The molecule has 0 spiro atoms. The zero-order valence-electron chi connectivity index (χ0n) is 29.6. The van der Waals surface area contributed by atoms with Gasteiger partial charge in [-0.25, -0.2) is 0 Å². The van der Waals surface area contributed by atoms with Gasteiger partial charge in [-0.1, -0.05) is 109 Å². The van der Waals surface area contributed by atoms with Crippen LogP contribution in [0.1, 0.15) is 101 Å². The minimum absolute atomic E-state index is 0.176. The summed E-state index contributed by atoms with van der Waals surface area (Å²) in [5, 5.41) is 0. The third-order valence-electron chi connectivity index (χ3n) is 8.21. The number of benzene rings is 3. The maximum atomic E-state index is 13.5. The zero-order valence-corrected chi connectivity index (χ0v) is 32.8. The Hall–Kier alpha value is -3.25. The summed E-state index contributed by atoms with van der Waals surface area (Å²) in [4.78, 5) is 10.6. The van der Waals surface area contributed by atoms with Gasteiger partial charge in [-0.2, -0.15) is 0 Å². The summed E-state index contributed by atoms with van der Waals surface area (Å²) in [5.74, 6) is 0.619. The Bertz CT molecular complexity index is 1550. The van der Waals surface area contributed by atoms with Gasteiger partial charge >= 0.3 is 27.5 Å². The molecule has 0 amide bonds. The second kappa shape index (κ2) is 17.9. The van der Waals surface area contributed by atoms with Gasteiger partial charge in [0.2, 0.25) is 0 Å². The molecule has 1 aromatic heterocycles. The van der Waals surface area contributed by atoms with E-state index >= 15 is 0 Å². The topological polar surface area (TPSA) is 22.6 Å². The minimum atomic E-state index is -0.659. The fourth-order valence-corrected chi connectivity index (χ4v) is 5.71. The van der Waals surface area contributed by atoms with E-state index < -0.39 is 11.6 Å². The van der Waals surface area contributed by atoms with Crippen LogP contribution in [0.3, 0.4) is 0 Å². The van der Waals surface area contributed by atoms with Gasteiger partial charge in [-0.05, 0) is 70.1 Å². The molecule has 0 unspecified atom stereocenters. The van der Waals surface area contributed by atoms with Crippen molar-refractivity contribution in [2.24, 2.45) is 0 Å². The molecule has 2 heterocycles. The summed E-state index contributed by atoms with van der Waals surface area (Å²) in [6.07, 6.45) is 6.02. The fraction of sp³-hybridized carbons (Fsp3) is 0.350. The Kier molecular flexibility index (Phi) is 14.7. The van der Waals surface area contributed by atoms with E-state index in [1.165, 1.54) is 51.5 Å². The molecule has 1 aliphatic rings. The normalized spacial score (nSPS) is 12.5. The van der Waals surface area contributed by atoms with Gasteiger partial charge in [0.15, 0.2) is 0 Å². The second-order valence-electron chi connectivity index (χ2n) is 13.3. The van der Waals surface area contributed by atoms with Gasteiger partial charge in [0.05, 0.1) is 0 Å². The number of rotatable bonds is 8. The fourth-order valence-electron chi connectivity index (χ4n) is 5.71. The van der Waals surface area contributed by atoms with Crippen molar-refractivity contribution in [2.45, 2.75) is 79.1 Å². The number of nitrogens with zero attached hydrogens (tertiary/aromatic N) is 4. The van der Waals surface area contributed by atoms with Gasteiger partial charge in [0.1, 0.15) is 0 Å². The summed E-state index contributed by atoms with van der Waals surface area (Å²) < 4.78 is 26.3. The number of pyridine rings is 1. The van der Waals surface area contributed by atoms with Crippen LogP contribution in [0.5, 0.6) is 0 Å². The van der Waals surface area contributed by atoms with Gasteiger partial charge in [0.25, 0.3) is 0 Å². The van der Waals surface area contributed by atoms with Crippen LogP contribution < -0.4 is 14.7 Å². The van der Waals surface area contributed by atoms with Gasteiger partial charge < -0.3 is 19.7 Å².